The number of hydrogen-bond donors (Lipinski definition) is 4. The number of Topliss-reactive ketones (excluding diaryl/α,β-unsaturated/α-hetero) is 2. The number of likely N-dealkylation sites (N-methyl/N-ethyl adjacent to an activating group) is 1. The predicted octanol–water partition coefficient (Wildman–Crippen LogP) is 2.77. The number of aliphatic hydroxyl groups excluding tert-OH is 2. The highest BCUT2D eigenvalue weighted by Gasteiger charge is 2.55. The molecular weight excluding hydrogens is 506 g/mol. The number of thioether (sulfide) groups is 1. The van der Waals surface area contributed by atoms with Crippen LogP contribution in [0.1, 0.15) is 23.1 Å². The summed E-state index contributed by atoms with van der Waals surface area (Å²) in [5.41, 5.74) is 7.79. The van der Waals surface area contributed by atoms with Crippen LogP contribution in [0, 0.1) is 17.8 Å². The largest absolute Gasteiger partial charge is 0.510 e. The van der Waals surface area contributed by atoms with Crippen LogP contribution in [-0.4, -0.2) is 69.1 Å². The van der Waals surface area contributed by atoms with Crippen LogP contribution in [0.4, 0.5) is 0 Å². The number of hydrogen-bond acceptors (Lipinski definition) is 9. The number of phenols is 1. The Hall–Kier alpha value is -3.63. The van der Waals surface area contributed by atoms with Gasteiger partial charge >= 0.3 is 0 Å². The average Bonchev–Trinajstić information content (AvgIpc) is 2.85. The van der Waals surface area contributed by atoms with Gasteiger partial charge in [-0.3, -0.25) is 24.3 Å². The Balaban J connectivity index is 1.72. The van der Waals surface area contributed by atoms with Gasteiger partial charge in [0.05, 0.1) is 23.2 Å². The first kappa shape index (κ1) is 26.0. The predicted molar refractivity (Wildman–Crippen MR) is 143 cm³/mol. The van der Waals surface area contributed by atoms with Gasteiger partial charge in [0, 0.05) is 28.6 Å². The second-order valence-electron chi connectivity index (χ2n) is 10.2. The van der Waals surface area contributed by atoms with Gasteiger partial charge in [-0.15, -0.1) is 0 Å². The van der Waals surface area contributed by atoms with E-state index in [0.717, 1.165) is 5.56 Å². The molecule has 3 aliphatic rings. The second-order valence-corrected chi connectivity index (χ2v) is 11.1. The first-order valence-corrected chi connectivity index (χ1v) is 13.7. The summed E-state index contributed by atoms with van der Waals surface area (Å²) in [6, 6.07) is 6.61. The molecular formula is C28H29N3O6S. The third kappa shape index (κ3) is 3.82. The molecule has 5 N–H and O–H groups in total. The number of aromatic hydroxyl groups is 1. The van der Waals surface area contributed by atoms with Crippen molar-refractivity contribution in [1.82, 2.24) is 9.88 Å². The van der Waals surface area contributed by atoms with Crippen LogP contribution in [-0.2, 0) is 26.6 Å². The van der Waals surface area contributed by atoms with Crippen molar-refractivity contribution in [2.45, 2.75) is 24.6 Å². The first-order chi connectivity index (χ1) is 18.1. The van der Waals surface area contributed by atoms with E-state index in [1.165, 1.54) is 11.8 Å². The monoisotopic (exact) mass is 535 g/mol. The highest BCUT2D eigenvalue weighted by Crippen LogP contribution is 2.52. The quantitative estimate of drug-likeness (QED) is 0.334. The van der Waals surface area contributed by atoms with Gasteiger partial charge < -0.3 is 21.1 Å². The van der Waals surface area contributed by atoms with Crippen molar-refractivity contribution in [2.24, 2.45) is 23.5 Å². The molecule has 1 amide bonds. The summed E-state index contributed by atoms with van der Waals surface area (Å²) in [7, 11) is 3.39. The molecule has 0 spiro atoms. The number of aromatic nitrogens is 1. The van der Waals surface area contributed by atoms with Gasteiger partial charge in [-0.1, -0.05) is 6.07 Å². The van der Waals surface area contributed by atoms with Crippen LogP contribution in [0.3, 0.4) is 0 Å². The Morgan fingerprint density at radius 2 is 1.92 bits per heavy atom. The highest BCUT2D eigenvalue weighted by molar-refractivity contribution is 7.97. The molecule has 0 bridgehead atoms. The number of benzene rings is 1. The summed E-state index contributed by atoms with van der Waals surface area (Å²) in [6.07, 6.45) is 4.19. The lowest BCUT2D eigenvalue weighted by Crippen LogP contribution is -2.55. The van der Waals surface area contributed by atoms with E-state index in [1.54, 1.807) is 31.3 Å². The van der Waals surface area contributed by atoms with Crippen LogP contribution in [0.5, 0.6) is 5.75 Å². The summed E-state index contributed by atoms with van der Waals surface area (Å²) in [5.74, 6) is -5.33. The summed E-state index contributed by atoms with van der Waals surface area (Å²) in [4.78, 5) is 45.5. The minimum atomic E-state index is -1.28. The molecule has 0 aliphatic heterocycles. The van der Waals surface area contributed by atoms with E-state index in [0.29, 0.717) is 35.4 Å². The zero-order valence-corrected chi connectivity index (χ0v) is 22.1. The Morgan fingerprint density at radius 3 is 2.53 bits per heavy atom. The van der Waals surface area contributed by atoms with Crippen LogP contribution in [0.15, 0.2) is 47.4 Å². The van der Waals surface area contributed by atoms with Crippen LogP contribution in [0.25, 0.3) is 17.0 Å². The van der Waals surface area contributed by atoms with E-state index >= 15 is 0 Å². The van der Waals surface area contributed by atoms with Gasteiger partial charge in [-0.05, 0) is 68.8 Å². The summed E-state index contributed by atoms with van der Waals surface area (Å²) in [6.45, 7) is 0. The number of nitrogens with zero attached hydrogens (tertiary/aromatic N) is 2. The van der Waals surface area contributed by atoms with E-state index < -0.39 is 52.6 Å². The lowest BCUT2D eigenvalue weighted by molar-refractivity contribution is -0.136. The molecule has 1 heterocycles. The Labute approximate surface area is 224 Å². The van der Waals surface area contributed by atoms with Gasteiger partial charge in [-0.25, -0.2) is 0 Å². The molecule has 1 saturated carbocycles. The molecule has 1 fully saturated rings. The molecule has 3 unspecified atom stereocenters. The van der Waals surface area contributed by atoms with Gasteiger partial charge in [0.1, 0.15) is 22.8 Å². The number of rotatable bonds is 5. The van der Waals surface area contributed by atoms with Crippen molar-refractivity contribution in [3.8, 4) is 17.0 Å². The molecule has 5 rings (SSSR count). The van der Waals surface area contributed by atoms with Gasteiger partial charge in [0.2, 0.25) is 0 Å². The van der Waals surface area contributed by atoms with Gasteiger partial charge in [-0.2, -0.15) is 11.8 Å². The number of ketones is 2. The fraction of sp³-hybridized carbons (Fsp3) is 0.357. The van der Waals surface area contributed by atoms with E-state index in [9.17, 15) is 29.7 Å². The molecule has 9 nitrogen and oxygen atoms in total. The highest BCUT2D eigenvalue weighted by atomic mass is 32.2. The third-order valence-electron chi connectivity index (χ3n) is 7.88. The topological polar surface area (TPSA) is 154 Å². The van der Waals surface area contributed by atoms with E-state index in [2.05, 4.69) is 4.98 Å². The normalized spacial score (nSPS) is 24.8. The van der Waals surface area contributed by atoms with Gasteiger partial charge in [0.15, 0.2) is 11.6 Å². The number of nitrogens with two attached hydrogens (primary N) is 1. The fourth-order valence-electron chi connectivity index (χ4n) is 6.41. The molecule has 1 aromatic heterocycles. The SMILES string of the molecule is CSCc1cc(-c2ccccn2)c2c(c1O)C(O)=C1C(=O)C3C(=O)C(C(N)=O)=C(O)[C@H](N(C)C)C3CC1C2. The molecule has 2 aromatic rings. The molecule has 0 saturated heterocycles. The minimum Gasteiger partial charge on any atom is -0.510 e. The van der Waals surface area contributed by atoms with Crippen LogP contribution >= 0.6 is 11.8 Å². The Bertz CT molecular complexity index is 1430. The Morgan fingerprint density at radius 1 is 1.18 bits per heavy atom. The molecule has 198 valence electrons. The van der Waals surface area contributed by atoms with Gasteiger partial charge in [0.25, 0.3) is 5.91 Å². The average molecular weight is 536 g/mol. The molecule has 3 aliphatic carbocycles. The van der Waals surface area contributed by atoms with E-state index in [1.807, 2.05) is 24.5 Å². The number of allylic oxidation sites excluding steroid dienone is 1. The minimum absolute atomic E-state index is 0.0680. The smallest absolute Gasteiger partial charge is 0.255 e. The summed E-state index contributed by atoms with van der Waals surface area (Å²) in [5, 5.41) is 33.6. The lowest BCUT2D eigenvalue weighted by Gasteiger charge is -2.46. The molecule has 38 heavy (non-hydrogen) atoms. The molecule has 10 heteroatoms. The van der Waals surface area contributed by atoms with E-state index in [-0.39, 0.29) is 22.6 Å². The van der Waals surface area contributed by atoms with Crippen molar-refractivity contribution in [3.63, 3.8) is 0 Å². The van der Waals surface area contributed by atoms with Crippen molar-refractivity contribution in [2.75, 3.05) is 20.4 Å². The summed E-state index contributed by atoms with van der Waals surface area (Å²) >= 11 is 1.50. The maximum absolute atomic E-state index is 13.9. The molecule has 4 atom stereocenters. The number of carbonyl (C=O) groups is 3. The first-order valence-electron chi connectivity index (χ1n) is 12.3. The standard InChI is InChI=1S/C28H29N3O6S/c1-31(2)22-16-9-12-8-15-14(17-6-4-5-7-30-17)10-13(11-38-3)23(32)19(15)24(33)18(12)25(34)20(16)26(35)21(27(22)36)28(29)37/h4-7,10,12,16,20,22,32-33,36H,8-9,11H2,1-3H3,(H2,29,37)/t12?,16?,20?,22-/m1/s1. The van der Waals surface area contributed by atoms with E-state index in [4.69, 9.17) is 5.73 Å². The summed E-state index contributed by atoms with van der Waals surface area (Å²) < 4.78 is 0. The number of pyridine rings is 1. The fourth-order valence-corrected chi connectivity index (χ4v) is 6.94. The lowest BCUT2D eigenvalue weighted by atomic mass is 9.59. The Kier molecular flexibility index (Phi) is 6.56. The number of phenolic OH excluding ortho intramolecular Hbond substituents is 1. The number of primary amides is 1. The van der Waals surface area contributed by atoms with Crippen LogP contribution in [0.2, 0.25) is 0 Å². The zero-order valence-electron chi connectivity index (χ0n) is 21.3. The maximum atomic E-state index is 13.9. The zero-order chi connectivity index (χ0) is 27.5. The molecule has 0 radical (unpaired) electrons. The molecule has 1 aromatic carbocycles. The van der Waals surface area contributed by atoms with Crippen molar-refractivity contribution >= 4 is 35.0 Å². The van der Waals surface area contributed by atoms with Crippen molar-refractivity contribution < 1.29 is 29.7 Å². The number of aliphatic hydroxyl groups is 2. The number of carbonyl (C=O) groups excluding carboxylic acids is 3. The third-order valence-corrected chi connectivity index (χ3v) is 8.48. The number of amides is 1. The van der Waals surface area contributed by atoms with Crippen LogP contribution < -0.4 is 5.73 Å². The second kappa shape index (κ2) is 9.59. The number of fused-ring (bicyclic) bond motifs is 3. The maximum Gasteiger partial charge on any atom is 0.255 e. The van der Waals surface area contributed by atoms with Crippen molar-refractivity contribution in [3.05, 3.63) is 64.1 Å². The van der Waals surface area contributed by atoms with Crippen molar-refractivity contribution in [1.29, 1.82) is 0 Å².